The van der Waals surface area contributed by atoms with Crippen LogP contribution in [0.2, 0.25) is 0 Å². The smallest absolute Gasteiger partial charge is 0.251 e. The van der Waals surface area contributed by atoms with E-state index in [4.69, 9.17) is 19.9 Å². The van der Waals surface area contributed by atoms with E-state index >= 15 is 0 Å². The summed E-state index contributed by atoms with van der Waals surface area (Å²) in [7, 11) is 0. The van der Waals surface area contributed by atoms with Gasteiger partial charge in [-0.2, -0.15) is 0 Å². The predicted molar refractivity (Wildman–Crippen MR) is 495 cm³/mol. The van der Waals surface area contributed by atoms with Crippen LogP contribution in [-0.4, -0.2) is 136 Å². The molecule has 16 aromatic rings. The summed E-state index contributed by atoms with van der Waals surface area (Å²) >= 11 is 0. The quantitative estimate of drug-likeness (QED) is 0.0134. The Bertz CT molecular complexity index is 5370. The highest BCUT2D eigenvalue weighted by atomic mass is 16.2. The summed E-state index contributed by atoms with van der Waals surface area (Å²) in [5.74, 6) is -1.03. The van der Waals surface area contributed by atoms with Gasteiger partial charge in [-0.3, -0.25) is 59.0 Å². The summed E-state index contributed by atoms with van der Waals surface area (Å²) in [5.41, 5.74) is 21.0. The second-order valence-electron chi connectivity index (χ2n) is 29.4. The van der Waals surface area contributed by atoms with Gasteiger partial charge in [0.15, 0.2) is 0 Å². The highest BCUT2D eigenvalue weighted by molar-refractivity contribution is 6.07. The summed E-state index contributed by atoms with van der Waals surface area (Å²) in [6.07, 6.45) is 16.3. The fraction of sp³-hybridized carbons (Fsp3) is 0.118. The number of hydrogen-bond donors (Lipinski definition) is 8. The summed E-state index contributed by atoms with van der Waals surface area (Å²) in [6.45, 7) is 3.67. The molecular formula is C102H88N20O4. The molecule has 4 amide bonds. The summed E-state index contributed by atoms with van der Waals surface area (Å²) in [5, 5.41) is 26.6. The molecule has 126 heavy (non-hydrogen) atoms. The summed E-state index contributed by atoms with van der Waals surface area (Å²) in [6, 6.07) is 91.2. The molecule has 0 aliphatic carbocycles. The zero-order valence-electron chi connectivity index (χ0n) is 68.8. The van der Waals surface area contributed by atoms with Crippen molar-refractivity contribution in [1.29, 1.82) is 0 Å². The van der Waals surface area contributed by atoms with E-state index in [1.807, 2.05) is 243 Å². The highest BCUT2D eigenvalue weighted by Gasteiger charge is 2.22. The largest absolute Gasteiger partial charge is 0.385 e. The maximum Gasteiger partial charge on any atom is 0.251 e. The van der Waals surface area contributed by atoms with Crippen molar-refractivity contribution < 1.29 is 19.2 Å². The monoisotopic (exact) mass is 1660 g/mol. The first-order valence-electron chi connectivity index (χ1n) is 41.8. The molecule has 0 atom stereocenters. The average molecular weight is 1660 g/mol. The fourth-order valence-electron chi connectivity index (χ4n) is 14.3. The van der Waals surface area contributed by atoms with Crippen molar-refractivity contribution >= 4 is 57.5 Å². The average Bonchev–Trinajstić information content (AvgIpc) is 0.773. The molecule has 8 N–H and O–H groups in total. The second-order valence-corrected chi connectivity index (χ2v) is 29.4. The molecular weight excluding hydrogens is 1570 g/mol. The van der Waals surface area contributed by atoms with Gasteiger partial charge in [-0.05, 0) is 253 Å². The zero-order chi connectivity index (χ0) is 85.9. The van der Waals surface area contributed by atoms with Crippen LogP contribution in [0.15, 0.2) is 341 Å². The first-order chi connectivity index (χ1) is 62.1. The van der Waals surface area contributed by atoms with Crippen LogP contribution in [0.5, 0.6) is 0 Å². The van der Waals surface area contributed by atoms with Crippen molar-refractivity contribution in [3.05, 3.63) is 385 Å². The van der Waals surface area contributed by atoms with E-state index < -0.39 is 0 Å². The minimum absolute atomic E-state index is 0.257. The number of nitrogens with zero attached hydrogens (tertiary/aromatic N) is 12. The van der Waals surface area contributed by atoms with E-state index in [1.165, 1.54) is 0 Å². The lowest BCUT2D eigenvalue weighted by Crippen LogP contribution is -2.26. The highest BCUT2D eigenvalue weighted by Crippen LogP contribution is 2.39. The lowest BCUT2D eigenvalue weighted by molar-refractivity contribution is 0.0945. The standard InChI is InChI=1S/C102H88N20O4/c123-99(115-57-17-53-103-77-61-89(81-21-1-9-45-107-81)119-90(62-77)82-22-2-10-46-108-82)73-37-29-69(30-38-73)97(70-31-39-74(40-32-70)100(124)116-58-18-54-104-78-63-91(83-23-3-11-47-109-83)120-92(64-78)84-24-4-12-48-110-84)98(71-33-41-75(42-34-71)101(125)117-59-19-55-105-79-65-93(85-25-5-13-49-111-85)121-94(66-79)86-26-6-14-50-112-86)72-35-43-76(44-36-72)102(126)118-60-20-56-106-80-67-95(87-27-7-15-51-113-87)122-96(68-80)88-28-8-16-52-114-88/h1-16,21-52,61-68H,17-20,53-60H2,(H,103,119)(H,104,120)(H,105,121)(H,106,122)(H,115,123)(H,116,124)(H,117,125)(H,118,126). The van der Waals surface area contributed by atoms with Crippen LogP contribution in [0.25, 0.3) is 102 Å². The number of anilines is 4. The maximum absolute atomic E-state index is 14.2. The van der Waals surface area contributed by atoms with Gasteiger partial charge in [-0.25, -0.2) is 19.9 Å². The molecule has 620 valence electrons. The van der Waals surface area contributed by atoms with Crippen molar-refractivity contribution in [2.24, 2.45) is 0 Å². The molecule has 0 saturated heterocycles. The normalized spacial score (nSPS) is 10.9. The number of pyridine rings is 12. The van der Waals surface area contributed by atoms with Gasteiger partial charge in [0.2, 0.25) is 0 Å². The van der Waals surface area contributed by atoms with E-state index in [1.54, 1.807) is 98.1 Å². The van der Waals surface area contributed by atoms with E-state index in [-0.39, 0.29) is 23.6 Å². The lowest BCUT2D eigenvalue weighted by Gasteiger charge is -2.19. The Morgan fingerprint density at radius 3 is 0.492 bits per heavy atom. The van der Waals surface area contributed by atoms with Crippen LogP contribution < -0.4 is 42.5 Å². The van der Waals surface area contributed by atoms with Crippen molar-refractivity contribution in [2.45, 2.75) is 25.7 Å². The SMILES string of the molecule is O=C(NCCCNc1cc(-c2ccccn2)nc(-c2ccccn2)c1)c1ccc(C(=C(c2ccc(C(=O)NCCCNc3cc(-c4ccccn4)nc(-c4ccccn4)c3)cc2)c2ccc(C(=O)NCCCNc3cc(-c4ccccn4)nc(-c4ccccn4)c3)cc2)c2ccc(C(=O)NCCCNc3cc(-c4ccccn4)nc(-c4ccccn4)c3)cc2)cc1. The summed E-state index contributed by atoms with van der Waals surface area (Å²) in [4.78, 5) is 113. The van der Waals surface area contributed by atoms with Crippen LogP contribution in [0.4, 0.5) is 22.7 Å². The Labute approximate surface area is 729 Å². The molecule has 0 spiro atoms. The third-order valence-corrected chi connectivity index (χ3v) is 20.6. The van der Waals surface area contributed by atoms with Gasteiger partial charge in [0.25, 0.3) is 23.6 Å². The Kier molecular flexibility index (Phi) is 27.5. The Morgan fingerprint density at radius 2 is 0.341 bits per heavy atom. The number of rotatable bonds is 36. The predicted octanol–water partition coefficient (Wildman–Crippen LogP) is 17.7. The van der Waals surface area contributed by atoms with Crippen LogP contribution in [0, 0.1) is 0 Å². The van der Waals surface area contributed by atoms with Crippen LogP contribution in [0.1, 0.15) is 89.4 Å². The van der Waals surface area contributed by atoms with E-state index in [2.05, 4.69) is 82.4 Å². The molecule has 0 fully saturated rings. The van der Waals surface area contributed by atoms with Gasteiger partial charge >= 0.3 is 0 Å². The van der Waals surface area contributed by atoms with Crippen molar-refractivity contribution in [1.82, 2.24) is 81.1 Å². The van der Waals surface area contributed by atoms with Crippen LogP contribution >= 0.6 is 0 Å². The molecule has 12 aromatic heterocycles. The number of carbonyl (C=O) groups excluding carboxylic acids is 4. The van der Waals surface area contributed by atoms with E-state index in [0.29, 0.717) is 146 Å². The van der Waals surface area contributed by atoms with Crippen molar-refractivity contribution in [2.75, 3.05) is 73.6 Å². The van der Waals surface area contributed by atoms with Gasteiger partial charge in [-0.1, -0.05) is 97.1 Å². The van der Waals surface area contributed by atoms with Gasteiger partial charge in [0.05, 0.1) is 91.1 Å². The molecule has 0 aliphatic heterocycles. The van der Waals surface area contributed by atoms with E-state index in [0.717, 1.165) is 102 Å². The molecule has 24 nitrogen and oxygen atoms in total. The zero-order valence-corrected chi connectivity index (χ0v) is 68.8. The molecule has 0 unspecified atom stereocenters. The minimum Gasteiger partial charge on any atom is -0.385 e. The molecule has 24 heteroatoms. The second kappa shape index (κ2) is 41.7. The van der Waals surface area contributed by atoms with Gasteiger partial charge in [0, 0.05) is 147 Å². The first-order valence-corrected chi connectivity index (χ1v) is 41.8. The van der Waals surface area contributed by atoms with E-state index in [9.17, 15) is 19.2 Å². The molecule has 0 radical (unpaired) electrons. The third kappa shape index (κ3) is 22.0. The lowest BCUT2D eigenvalue weighted by atomic mass is 9.84. The fourth-order valence-corrected chi connectivity index (χ4v) is 14.3. The Morgan fingerprint density at radius 1 is 0.183 bits per heavy atom. The van der Waals surface area contributed by atoms with Gasteiger partial charge in [-0.15, -0.1) is 0 Å². The third-order valence-electron chi connectivity index (χ3n) is 20.6. The number of nitrogens with one attached hydrogen (secondary N) is 8. The van der Waals surface area contributed by atoms with Crippen LogP contribution in [0.3, 0.4) is 0 Å². The summed E-state index contributed by atoms with van der Waals surface area (Å²) < 4.78 is 0. The number of amides is 4. The van der Waals surface area contributed by atoms with Crippen molar-refractivity contribution in [3.8, 4) is 91.1 Å². The number of benzene rings is 4. The van der Waals surface area contributed by atoms with Gasteiger partial charge < -0.3 is 42.5 Å². The maximum atomic E-state index is 14.2. The molecule has 0 bridgehead atoms. The topological polar surface area (TPSA) is 319 Å². The molecule has 4 aromatic carbocycles. The first kappa shape index (κ1) is 83.2. The number of aromatic nitrogens is 12. The molecule has 12 heterocycles. The van der Waals surface area contributed by atoms with Gasteiger partial charge in [0.1, 0.15) is 0 Å². The Balaban J connectivity index is 0.655. The molecule has 0 saturated carbocycles. The number of hydrogen-bond acceptors (Lipinski definition) is 20. The Hall–Kier alpha value is -16.5. The molecule has 0 aliphatic rings. The minimum atomic E-state index is -0.257. The number of carbonyl (C=O) groups is 4. The van der Waals surface area contributed by atoms with Crippen LogP contribution in [-0.2, 0) is 0 Å². The van der Waals surface area contributed by atoms with Crippen molar-refractivity contribution in [3.63, 3.8) is 0 Å². The molecule has 16 rings (SSSR count).